The van der Waals surface area contributed by atoms with E-state index >= 15 is 0 Å². The third-order valence-electron chi connectivity index (χ3n) is 2.18. The Balaban J connectivity index is 2.05. The van der Waals surface area contributed by atoms with Crippen molar-refractivity contribution in [1.82, 2.24) is 10.2 Å². The van der Waals surface area contributed by atoms with Crippen LogP contribution in [-0.2, 0) is 6.54 Å². The lowest BCUT2D eigenvalue weighted by Crippen LogP contribution is -2.04. The molecule has 1 aromatic heterocycles. The van der Waals surface area contributed by atoms with Crippen molar-refractivity contribution < 1.29 is 9.90 Å². The molecule has 5 nitrogen and oxygen atoms in total. The summed E-state index contributed by atoms with van der Waals surface area (Å²) in [6, 6.07) is 9.72. The third kappa shape index (κ3) is 2.20. The lowest BCUT2D eigenvalue weighted by molar-refractivity contribution is 0.0698. The van der Waals surface area contributed by atoms with Crippen molar-refractivity contribution >= 4 is 11.8 Å². The highest BCUT2D eigenvalue weighted by Crippen LogP contribution is 2.12. The number of hydrogen-bond acceptors (Lipinski definition) is 3. The maximum atomic E-state index is 10.8. The van der Waals surface area contributed by atoms with E-state index in [9.17, 15) is 4.79 Å². The molecule has 5 heteroatoms. The maximum absolute atomic E-state index is 10.8. The van der Waals surface area contributed by atoms with Crippen molar-refractivity contribution in [2.75, 3.05) is 5.32 Å². The van der Waals surface area contributed by atoms with Gasteiger partial charge in [-0.15, -0.1) is 0 Å². The van der Waals surface area contributed by atoms with Gasteiger partial charge in [-0.3, -0.25) is 5.10 Å². The van der Waals surface area contributed by atoms with Crippen molar-refractivity contribution in [3.05, 3.63) is 47.7 Å². The van der Waals surface area contributed by atoms with Gasteiger partial charge in [0.05, 0.1) is 6.20 Å². The van der Waals surface area contributed by atoms with E-state index in [-0.39, 0.29) is 5.56 Å². The average Bonchev–Trinajstić information content (AvgIpc) is 2.76. The fourth-order valence-electron chi connectivity index (χ4n) is 1.37. The molecule has 0 saturated carbocycles. The number of aromatic nitrogens is 2. The van der Waals surface area contributed by atoms with Gasteiger partial charge in [-0.1, -0.05) is 30.3 Å². The highest BCUT2D eigenvalue weighted by molar-refractivity contribution is 5.92. The van der Waals surface area contributed by atoms with E-state index in [4.69, 9.17) is 5.11 Å². The quantitative estimate of drug-likeness (QED) is 0.728. The average molecular weight is 217 g/mol. The molecule has 0 bridgehead atoms. The van der Waals surface area contributed by atoms with Crippen molar-refractivity contribution in [3.63, 3.8) is 0 Å². The van der Waals surface area contributed by atoms with Crippen molar-refractivity contribution in [1.29, 1.82) is 0 Å². The van der Waals surface area contributed by atoms with Crippen LogP contribution in [0.25, 0.3) is 0 Å². The second-order valence-corrected chi connectivity index (χ2v) is 3.30. The Kier molecular flexibility index (Phi) is 2.86. The van der Waals surface area contributed by atoms with Gasteiger partial charge in [-0.05, 0) is 5.56 Å². The Morgan fingerprint density at radius 1 is 1.38 bits per heavy atom. The molecule has 0 radical (unpaired) electrons. The van der Waals surface area contributed by atoms with Crippen LogP contribution in [0.1, 0.15) is 15.9 Å². The third-order valence-corrected chi connectivity index (χ3v) is 2.18. The second kappa shape index (κ2) is 4.48. The van der Waals surface area contributed by atoms with Gasteiger partial charge >= 0.3 is 5.97 Å². The minimum atomic E-state index is -0.996. The van der Waals surface area contributed by atoms with Crippen molar-refractivity contribution in [2.24, 2.45) is 0 Å². The fraction of sp³-hybridized carbons (Fsp3) is 0.0909. The summed E-state index contributed by atoms with van der Waals surface area (Å²) in [5.74, 6) is -0.569. The Hall–Kier alpha value is -2.30. The smallest absolute Gasteiger partial charge is 0.341 e. The number of hydrogen-bond donors (Lipinski definition) is 3. The van der Waals surface area contributed by atoms with Crippen molar-refractivity contribution in [3.8, 4) is 0 Å². The Morgan fingerprint density at radius 2 is 2.12 bits per heavy atom. The van der Waals surface area contributed by atoms with Crippen LogP contribution in [0.3, 0.4) is 0 Å². The van der Waals surface area contributed by atoms with E-state index in [1.54, 1.807) is 0 Å². The molecule has 0 atom stereocenters. The summed E-state index contributed by atoms with van der Waals surface area (Å²) in [6.07, 6.45) is 1.29. The number of carbonyl (C=O) groups is 1. The van der Waals surface area contributed by atoms with Crippen LogP contribution in [0.15, 0.2) is 36.5 Å². The van der Waals surface area contributed by atoms with Crippen LogP contribution in [0.2, 0.25) is 0 Å². The molecular weight excluding hydrogens is 206 g/mol. The van der Waals surface area contributed by atoms with E-state index in [0.29, 0.717) is 12.4 Å². The zero-order chi connectivity index (χ0) is 11.4. The van der Waals surface area contributed by atoms with Gasteiger partial charge in [-0.2, -0.15) is 5.10 Å². The van der Waals surface area contributed by atoms with E-state index in [2.05, 4.69) is 15.5 Å². The second-order valence-electron chi connectivity index (χ2n) is 3.30. The molecule has 0 amide bonds. The van der Waals surface area contributed by atoms with Crippen LogP contribution in [0, 0.1) is 0 Å². The molecule has 1 heterocycles. The van der Waals surface area contributed by atoms with Gasteiger partial charge in [-0.25, -0.2) is 4.79 Å². The first-order chi connectivity index (χ1) is 7.77. The molecule has 0 spiro atoms. The van der Waals surface area contributed by atoms with Gasteiger partial charge in [0.15, 0.2) is 0 Å². The number of aromatic amines is 1. The monoisotopic (exact) mass is 217 g/mol. The van der Waals surface area contributed by atoms with E-state index in [0.717, 1.165) is 5.56 Å². The Morgan fingerprint density at radius 3 is 2.81 bits per heavy atom. The predicted molar refractivity (Wildman–Crippen MR) is 59.3 cm³/mol. The number of nitrogens with one attached hydrogen (secondary N) is 2. The van der Waals surface area contributed by atoms with E-state index in [1.165, 1.54) is 6.20 Å². The lowest BCUT2D eigenvalue weighted by Gasteiger charge is -2.04. The minimum absolute atomic E-state index is 0.149. The highest BCUT2D eigenvalue weighted by Gasteiger charge is 2.11. The van der Waals surface area contributed by atoms with Crippen molar-refractivity contribution in [2.45, 2.75) is 6.54 Å². The van der Waals surface area contributed by atoms with Gasteiger partial charge in [0.25, 0.3) is 0 Å². The number of aromatic carboxylic acids is 1. The maximum Gasteiger partial charge on any atom is 0.341 e. The summed E-state index contributed by atoms with van der Waals surface area (Å²) in [5.41, 5.74) is 1.23. The fourth-order valence-corrected chi connectivity index (χ4v) is 1.37. The Labute approximate surface area is 92.1 Å². The summed E-state index contributed by atoms with van der Waals surface area (Å²) >= 11 is 0. The molecule has 0 aliphatic carbocycles. The normalized spacial score (nSPS) is 10.0. The first-order valence-corrected chi connectivity index (χ1v) is 4.82. The first-order valence-electron chi connectivity index (χ1n) is 4.82. The van der Waals surface area contributed by atoms with Gasteiger partial charge < -0.3 is 10.4 Å². The van der Waals surface area contributed by atoms with Gasteiger partial charge in [0.2, 0.25) is 0 Å². The number of benzene rings is 1. The SMILES string of the molecule is O=C(O)c1cn[nH]c1NCc1ccccc1. The molecule has 0 saturated heterocycles. The molecule has 82 valence electrons. The number of carboxylic acids is 1. The highest BCUT2D eigenvalue weighted by atomic mass is 16.4. The Bertz CT molecular complexity index is 479. The van der Waals surface area contributed by atoms with Crippen LogP contribution in [0.5, 0.6) is 0 Å². The predicted octanol–water partition coefficient (Wildman–Crippen LogP) is 1.72. The molecule has 3 N–H and O–H groups in total. The topological polar surface area (TPSA) is 78.0 Å². The molecule has 0 aliphatic rings. The van der Waals surface area contributed by atoms with Gasteiger partial charge in [0.1, 0.15) is 11.4 Å². The van der Waals surface area contributed by atoms with E-state index in [1.807, 2.05) is 30.3 Å². The number of anilines is 1. The molecule has 0 unspecified atom stereocenters. The number of carboxylic acid groups (broad SMARTS) is 1. The zero-order valence-corrected chi connectivity index (χ0v) is 8.47. The molecule has 1 aromatic carbocycles. The zero-order valence-electron chi connectivity index (χ0n) is 8.47. The first kappa shape index (κ1) is 10.2. The number of rotatable bonds is 4. The molecule has 0 fully saturated rings. The number of H-pyrrole nitrogens is 1. The van der Waals surface area contributed by atoms with Crippen LogP contribution >= 0.6 is 0 Å². The summed E-state index contributed by atoms with van der Waals surface area (Å²) in [4.78, 5) is 10.8. The van der Waals surface area contributed by atoms with Crippen LogP contribution in [-0.4, -0.2) is 21.3 Å². The standard InChI is InChI=1S/C11H11N3O2/c15-11(16)9-7-13-14-10(9)12-6-8-4-2-1-3-5-8/h1-5,7H,6H2,(H,15,16)(H2,12,13,14). The number of nitrogens with zero attached hydrogens (tertiary/aromatic N) is 1. The molecule has 0 aliphatic heterocycles. The van der Waals surface area contributed by atoms with Crippen LogP contribution in [0.4, 0.5) is 5.82 Å². The van der Waals surface area contributed by atoms with E-state index < -0.39 is 5.97 Å². The molecule has 16 heavy (non-hydrogen) atoms. The summed E-state index contributed by atoms with van der Waals surface area (Å²) in [7, 11) is 0. The minimum Gasteiger partial charge on any atom is -0.477 e. The van der Waals surface area contributed by atoms with Crippen LogP contribution < -0.4 is 5.32 Å². The molecule has 2 rings (SSSR count). The molecular formula is C11H11N3O2. The molecule has 2 aromatic rings. The summed E-state index contributed by atoms with van der Waals surface area (Å²) < 4.78 is 0. The van der Waals surface area contributed by atoms with Gasteiger partial charge in [0, 0.05) is 6.54 Å². The lowest BCUT2D eigenvalue weighted by atomic mass is 10.2. The summed E-state index contributed by atoms with van der Waals surface area (Å²) in [5, 5.41) is 18.1. The largest absolute Gasteiger partial charge is 0.477 e. The summed E-state index contributed by atoms with van der Waals surface area (Å²) in [6.45, 7) is 0.559.